The minimum absolute atomic E-state index is 0.0828. The first kappa shape index (κ1) is 51.4. The van der Waals surface area contributed by atoms with Gasteiger partial charge in [-0.05, 0) is 109 Å². The van der Waals surface area contributed by atoms with E-state index >= 15 is 0 Å². The summed E-state index contributed by atoms with van der Waals surface area (Å²) in [5.41, 5.74) is -1.05. The third-order valence-corrected chi connectivity index (χ3v) is 19.3. The van der Waals surface area contributed by atoms with E-state index in [0.717, 1.165) is 38.5 Å². The molecule has 382 valence electrons. The topological polar surface area (TPSA) is 312 Å². The van der Waals surface area contributed by atoms with Gasteiger partial charge in [0.15, 0.2) is 18.7 Å². The number of carbonyl (C=O) groups excluding carboxylic acids is 1. The molecule has 3 aliphatic heterocycles. The van der Waals surface area contributed by atoms with Gasteiger partial charge in [0.2, 0.25) is 6.29 Å². The van der Waals surface area contributed by atoms with Crippen molar-refractivity contribution in [3.8, 4) is 0 Å². The molecule has 3 heterocycles. The number of allylic oxidation sites excluding steroid dienone is 2. The molecule has 3 saturated heterocycles. The Bertz CT molecular complexity index is 1870. The van der Waals surface area contributed by atoms with Crippen LogP contribution in [-0.4, -0.2) is 180 Å². The molecule has 7 fully saturated rings. The fourth-order valence-electron chi connectivity index (χ4n) is 15.0. The molecule has 8 rings (SSSR count). The summed E-state index contributed by atoms with van der Waals surface area (Å²) in [6.07, 6.45) is -16.4. The molecule has 19 nitrogen and oxygen atoms in total. The van der Waals surface area contributed by atoms with Crippen LogP contribution in [0.25, 0.3) is 0 Å². The van der Waals surface area contributed by atoms with E-state index in [4.69, 9.17) is 28.4 Å². The highest BCUT2D eigenvalue weighted by atomic mass is 16.8. The van der Waals surface area contributed by atoms with Crippen LogP contribution < -0.4 is 0 Å². The molecule has 0 aromatic carbocycles. The summed E-state index contributed by atoms with van der Waals surface area (Å²) in [6.45, 7) is 14.4. The zero-order chi connectivity index (χ0) is 49.1. The van der Waals surface area contributed by atoms with E-state index in [1.165, 1.54) is 5.57 Å². The quantitative estimate of drug-likeness (QED) is 0.0838. The van der Waals surface area contributed by atoms with Crippen LogP contribution in [0.4, 0.5) is 0 Å². The number of aliphatic carboxylic acids is 1. The first-order valence-corrected chi connectivity index (χ1v) is 24.3. The van der Waals surface area contributed by atoms with Crippen molar-refractivity contribution < 1.29 is 94.2 Å². The Balaban J connectivity index is 1.05. The molecule has 0 bridgehead atoms. The van der Waals surface area contributed by atoms with Gasteiger partial charge in [0.1, 0.15) is 67.1 Å². The second-order valence-corrected chi connectivity index (χ2v) is 23.5. The number of hydrogen-bond donors (Lipinski definition) is 11. The predicted molar refractivity (Wildman–Crippen MR) is 231 cm³/mol. The Labute approximate surface area is 391 Å². The van der Waals surface area contributed by atoms with Crippen LogP contribution in [0.5, 0.6) is 0 Å². The lowest BCUT2D eigenvalue weighted by Gasteiger charge is -2.71. The molecule has 8 aliphatic rings. The molecule has 11 N–H and O–H groups in total. The average molecular weight is 957 g/mol. The van der Waals surface area contributed by atoms with Crippen LogP contribution in [0.1, 0.15) is 113 Å². The molecule has 0 radical (unpaired) electrons. The molecule has 0 aromatic rings. The van der Waals surface area contributed by atoms with Crippen LogP contribution in [0.15, 0.2) is 11.6 Å². The predicted octanol–water partition coefficient (Wildman–Crippen LogP) is 0.233. The van der Waals surface area contributed by atoms with E-state index < -0.39 is 134 Å². The van der Waals surface area contributed by atoms with E-state index in [0.29, 0.717) is 25.7 Å². The van der Waals surface area contributed by atoms with Crippen LogP contribution in [0.3, 0.4) is 0 Å². The van der Waals surface area contributed by atoms with E-state index in [1.807, 2.05) is 0 Å². The van der Waals surface area contributed by atoms with Crippen molar-refractivity contribution in [2.24, 2.45) is 50.2 Å². The zero-order valence-electron chi connectivity index (χ0n) is 39.7. The monoisotopic (exact) mass is 956 g/mol. The maximum Gasteiger partial charge on any atom is 0.335 e. The summed E-state index contributed by atoms with van der Waals surface area (Å²) < 4.78 is 35.7. The molecule has 19 heteroatoms. The van der Waals surface area contributed by atoms with Crippen molar-refractivity contribution in [1.82, 2.24) is 0 Å². The van der Waals surface area contributed by atoms with Crippen molar-refractivity contribution in [2.75, 3.05) is 13.2 Å². The first-order valence-electron chi connectivity index (χ1n) is 24.3. The SMILES string of the molecule is CC1(C)CCC2(C(=O)OC3OC(CO)C(O)C(O)C3O)CCC3(C)C(=CCC4C5(C)CCC(OC6OC(C(=O)O)C(O)C(O)C6OC6OC(CO)C(O)C(O)C6O)C(C)(C)C5CCC43C)C2C1. The minimum atomic E-state index is -1.98. The molecular formula is C48H76O19. The number of rotatable bonds is 9. The third-order valence-electron chi connectivity index (χ3n) is 19.3. The number of carboxylic acid groups (broad SMARTS) is 1. The van der Waals surface area contributed by atoms with Gasteiger partial charge in [-0.2, -0.15) is 0 Å². The lowest BCUT2D eigenvalue weighted by atomic mass is 9.33. The van der Waals surface area contributed by atoms with Gasteiger partial charge >= 0.3 is 11.9 Å². The fraction of sp³-hybridized carbons (Fsp3) is 0.917. The van der Waals surface area contributed by atoms with Gasteiger partial charge < -0.3 is 84.6 Å². The Hall–Kier alpha value is -1.92. The third kappa shape index (κ3) is 8.06. The number of hydrogen-bond acceptors (Lipinski definition) is 18. The zero-order valence-corrected chi connectivity index (χ0v) is 39.7. The number of carbonyl (C=O) groups is 2. The molecule has 23 atom stereocenters. The molecule has 23 unspecified atom stereocenters. The van der Waals surface area contributed by atoms with Crippen molar-refractivity contribution >= 4 is 11.9 Å². The van der Waals surface area contributed by atoms with Gasteiger partial charge in [-0.25, -0.2) is 4.79 Å². The molecule has 4 saturated carbocycles. The lowest BCUT2D eigenvalue weighted by molar-refractivity contribution is -0.374. The van der Waals surface area contributed by atoms with Gasteiger partial charge in [-0.3, -0.25) is 4.79 Å². The van der Waals surface area contributed by atoms with Crippen molar-refractivity contribution in [3.05, 3.63) is 11.6 Å². The number of fused-ring (bicyclic) bond motifs is 7. The summed E-state index contributed by atoms with van der Waals surface area (Å²) >= 11 is 0. The summed E-state index contributed by atoms with van der Waals surface area (Å²) in [7, 11) is 0. The average Bonchev–Trinajstić information content (AvgIpc) is 3.26. The highest BCUT2D eigenvalue weighted by Gasteiger charge is 2.70. The molecule has 0 spiro atoms. The van der Waals surface area contributed by atoms with Gasteiger partial charge in [-0.15, -0.1) is 0 Å². The Morgan fingerprint density at radius 1 is 0.642 bits per heavy atom. The van der Waals surface area contributed by atoms with Crippen molar-refractivity contribution in [2.45, 2.75) is 211 Å². The number of aliphatic hydroxyl groups excluding tert-OH is 10. The molecular weight excluding hydrogens is 881 g/mol. The normalized spacial score (nSPS) is 52.6. The number of esters is 1. The van der Waals surface area contributed by atoms with Crippen LogP contribution in [-0.2, 0) is 38.0 Å². The number of ether oxygens (including phenoxy) is 6. The number of carboxylic acids is 1. The Morgan fingerprint density at radius 3 is 1.85 bits per heavy atom. The van der Waals surface area contributed by atoms with Gasteiger partial charge in [-0.1, -0.05) is 60.1 Å². The Morgan fingerprint density at radius 2 is 1.24 bits per heavy atom. The van der Waals surface area contributed by atoms with E-state index in [2.05, 4.69) is 54.5 Å². The summed E-state index contributed by atoms with van der Waals surface area (Å²) in [4.78, 5) is 27.0. The van der Waals surface area contributed by atoms with Crippen LogP contribution in [0.2, 0.25) is 0 Å². The molecule has 5 aliphatic carbocycles. The maximum atomic E-state index is 14.7. The van der Waals surface area contributed by atoms with Gasteiger partial charge in [0.25, 0.3) is 0 Å². The van der Waals surface area contributed by atoms with Crippen molar-refractivity contribution in [1.29, 1.82) is 0 Å². The van der Waals surface area contributed by atoms with E-state index in [-0.39, 0.29) is 39.4 Å². The standard InChI is InChI=1S/C48H76O19/c1-43(2)14-16-48(42(61)67-40-35(58)31(54)29(52)24(20-50)63-40)17-15-46(6)21(22(48)18-43)8-9-26-45(5)12-11-27(44(3,4)25(45)10-13-47(26,46)7)64-41-37(33(56)32(55)36(65-41)38(59)60)66-39-34(57)30(53)28(51)23(19-49)62-39/h8,22-37,39-41,49-58H,9-20H2,1-7H3,(H,59,60). The van der Waals surface area contributed by atoms with Crippen molar-refractivity contribution in [3.63, 3.8) is 0 Å². The van der Waals surface area contributed by atoms with Crippen LogP contribution >= 0.6 is 0 Å². The fourth-order valence-corrected chi connectivity index (χ4v) is 15.0. The van der Waals surface area contributed by atoms with Gasteiger partial charge in [0, 0.05) is 0 Å². The van der Waals surface area contributed by atoms with Gasteiger partial charge in [0.05, 0.1) is 24.7 Å². The summed E-state index contributed by atoms with van der Waals surface area (Å²) in [5, 5.41) is 115. The smallest absolute Gasteiger partial charge is 0.335 e. The molecule has 0 aromatic heterocycles. The molecule has 0 amide bonds. The summed E-state index contributed by atoms with van der Waals surface area (Å²) in [5.74, 6) is -1.94. The highest BCUT2D eigenvalue weighted by Crippen LogP contribution is 2.76. The van der Waals surface area contributed by atoms with Crippen LogP contribution in [0, 0.1) is 50.2 Å². The van der Waals surface area contributed by atoms with E-state index in [9.17, 15) is 65.8 Å². The Kier molecular flexibility index (Phi) is 13.8. The minimum Gasteiger partial charge on any atom is -0.479 e. The molecule has 67 heavy (non-hydrogen) atoms. The second-order valence-electron chi connectivity index (χ2n) is 23.5. The number of aliphatic hydroxyl groups is 10. The summed E-state index contributed by atoms with van der Waals surface area (Å²) in [6, 6.07) is 0. The lowest BCUT2D eigenvalue weighted by Crippen LogP contribution is -2.67. The first-order chi connectivity index (χ1) is 31.2. The highest BCUT2D eigenvalue weighted by molar-refractivity contribution is 5.79. The largest absolute Gasteiger partial charge is 0.479 e. The van der Waals surface area contributed by atoms with E-state index in [1.54, 1.807) is 0 Å². The second kappa shape index (κ2) is 18.0. The maximum absolute atomic E-state index is 14.7.